The number of piperazine rings is 1. The van der Waals surface area contributed by atoms with Crippen molar-refractivity contribution in [3.8, 4) is 0 Å². The molecule has 34 heavy (non-hydrogen) atoms. The zero-order chi connectivity index (χ0) is 23.7. The van der Waals surface area contributed by atoms with E-state index in [0.717, 1.165) is 29.2 Å². The summed E-state index contributed by atoms with van der Waals surface area (Å²) in [5, 5.41) is 16.0. The molecule has 3 aromatic rings. The van der Waals surface area contributed by atoms with Gasteiger partial charge in [0.25, 0.3) is 11.6 Å². The van der Waals surface area contributed by atoms with Gasteiger partial charge in [-0.05, 0) is 41.3 Å². The number of benzene rings is 3. The number of nitro benzene ring substituents is 1. The van der Waals surface area contributed by atoms with Crippen molar-refractivity contribution in [2.75, 3.05) is 31.5 Å². The van der Waals surface area contributed by atoms with E-state index in [-0.39, 0.29) is 28.3 Å². The molecule has 1 N–H and O–H groups in total. The normalized spacial score (nSPS) is 16.4. The maximum absolute atomic E-state index is 13.5. The Bertz CT molecular complexity index is 1260. The van der Waals surface area contributed by atoms with Crippen LogP contribution in [-0.4, -0.2) is 52.7 Å². The Morgan fingerprint density at radius 3 is 2.32 bits per heavy atom. The zero-order valence-corrected chi connectivity index (χ0v) is 18.8. The Balaban J connectivity index is 1.30. The van der Waals surface area contributed by atoms with Crippen molar-refractivity contribution in [1.29, 1.82) is 0 Å². The molecule has 1 heterocycles. The molecule has 3 aromatic carbocycles. The molecule has 2 fully saturated rings. The van der Waals surface area contributed by atoms with Crippen LogP contribution in [0.1, 0.15) is 28.8 Å². The second kappa shape index (κ2) is 9.23. The van der Waals surface area contributed by atoms with Crippen LogP contribution in [0.25, 0.3) is 10.8 Å². The zero-order valence-electron chi connectivity index (χ0n) is 18.8. The van der Waals surface area contributed by atoms with E-state index in [1.54, 1.807) is 12.1 Å². The van der Waals surface area contributed by atoms with Gasteiger partial charge in [-0.2, -0.15) is 0 Å². The molecule has 8 nitrogen and oxygen atoms in total. The van der Waals surface area contributed by atoms with Gasteiger partial charge in [0.15, 0.2) is 0 Å². The van der Waals surface area contributed by atoms with E-state index >= 15 is 0 Å². The minimum absolute atomic E-state index is 0.0221. The third-order valence-electron chi connectivity index (χ3n) is 6.51. The van der Waals surface area contributed by atoms with E-state index in [2.05, 4.69) is 10.2 Å². The summed E-state index contributed by atoms with van der Waals surface area (Å²) in [4.78, 5) is 40.6. The summed E-state index contributed by atoms with van der Waals surface area (Å²) in [5.74, 6) is -0.0651. The van der Waals surface area contributed by atoms with Crippen molar-refractivity contribution in [3.05, 3.63) is 81.9 Å². The number of fused-ring (bicyclic) bond motifs is 1. The van der Waals surface area contributed by atoms with Gasteiger partial charge in [0.2, 0.25) is 5.91 Å². The van der Waals surface area contributed by atoms with E-state index in [1.165, 1.54) is 6.07 Å². The Morgan fingerprint density at radius 2 is 1.65 bits per heavy atom. The molecule has 2 amide bonds. The van der Waals surface area contributed by atoms with Gasteiger partial charge in [-0.1, -0.05) is 36.4 Å². The number of nitrogens with zero attached hydrogens (tertiary/aromatic N) is 3. The first-order chi connectivity index (χ1) is 16.5. The van der Waals surface area contributed by atoms with Crippen LogP contribution < -0.4 is 5.32 Å². The lowest BCUT2D eigenvalue weighted by Crippen LogP contribution is -2.48. The highest BCUT2D eigenvalue weighted by atomic mass is 16.6. The molecule has 0 aromatic heterocycles. The Morgan fingerprint density at radius 1 is 0.941 bits per heavy atom. The molecule has 1 aliphatic carbocycles. The van der Waals surface area contributed by atoms with Crippen molar-refractivity contribution < 1.29 is 14.5 Å². The Labute approximate surface area is 197 Å². The molecule has 1 aliphatic heterocycles. The quantitative estimate of drug-likeness (QED) is 0.444. The second-order valence-electron chi connectivity index (χ2n) is 9.00. The number of hydrogen-bond donors (Lipinski definition) is 1. The maximum Gasteiger partial charge on any atom is 0.269 e. The fourth-order valence-electron chi connectivity index (χ4n) is 4.41. The highest BCUT2D eigenvalue weighted by Gasteiger charge is 2.31. The molecule has 174 valence electrons. The van der Waals surface area contributed by atoms with Crippen LogP contribution >= 0.6 is 0 Å². The number of amides is 2. The molecule has 0 bridgehead atoms. The van der Waals surface area contributed by atoms with Crippen LogP contribution in [0.4, 0.5) is 11.4 Å². The summed E-state index contributed by atoms with van der Waals surface area (Å²) in [6.07, 6.45) is 1.80. The van der Waals surface area contributed by atoms with Crippen LogP contribution in [0, 0.1) is 16.0 Å². The molecule has 0 spiro atoms. The van der Waals surface area contributed by atoms with Crippen molar-refractivity contribution in [2.45, 2.75) is 19.4 Å². The van der Waals surface area contributed by atoms with Crippen molar-refractivity contribution >= 4 is 34.0 Å². The predicted molar refractivity (Wildman–Crippen MR) is 130 cm³/mol. The van der Waals surface area contributed by atoms with Gasteiger partial charge < -0.3 is 10.2 Å². The fraction of sp³-hybridized carbons (Fsp3) is 0.308. The van der Waals surface area contributed by atoms with Gasteiger partial charge in [0.05, 0.1) is 16.2 Å². The van der Waals surface area contributed by atoms with E-state index in [0.29, 0.717) is 44.0 Å². The minimum atomic E-state index is -0.386. The fourth-order valence-corrected chi connectivity index (χ4v) is 4.41. The molecular weight excluding hydrogens is 432 g/mol. The summed E-state index contributed by atoms with van der Waals surface area (Å²) < 4.78 is 0. The third kappa shape index (κ3) is 4.77. The lowest BCUT2D eigenvalue weighted by molar-refractivity contribution is -0.384. The number of hydrogen-bond acceptors (Lipinski definition) is 5. The van der Waals surface area contributed by atoms with Crippen LogP contribution in [0.2, 0.25) is 0 Å². The van der Waals surface area contributed by atoms with Crippen molar-refractivity contribution in [3.63, 3.8) is 0 Å². The Kier molecular flexibility index (Phi) is 5.98. The molecular formula is C26H26N4O4. The monoisotopic (exact) mass is 458 g/mol. The van der Waals surface area contributed by atoms with E-state index in [1.807, 2.05) is 47.4 Å². The largest absolute Gasteiger partial charge is 0.336 e. The average molecular weight is 459 g/mol. The van der Waals surface area contributed by atoms with Crippen molar-refractivity contribution in [1.82, 2.24) is 9.80 Å². The Hall–Kier alpha value is -3.78. The molecule has 0 atom stereocenters. The van der Waals surface area contributed by atoms with E-state index < -0.39 is 0 Å². The smallest absolute Gasteiger partial charge is 0.269 e. The number of carbonyl (C=O) groups excluding carboxylic acids is 2. The number of rotatable bonds is 6. The highest BCUT2D eigenvalue weighted by Crippen LogP contribution is 2.32. The topological polar surface area (TPSA) is 95.8 Å². The lowest BCUT2D eigenvalue weighted by Gasteiger charge is -2.35. The van der Waals surface area contributed by atoms with Gasteiger partial charge in [-0.15, -0.1) is 0 Å². The van der Waals surface area contributed by atoms with Crippen LogP contribution in [0.5, 0.6) is 0 Å². The van der Waals surface area contributed by atoms with Gasteiger partial charge in [0, 0.05) is 50.8 Å². The summed E-state index contributed by atoms with van der Waals surface area (Å²) in [7, 11) is 0. The standard InChI is InChI=1S/C26H26N4O4/c31-25(19-8-9-19)27-24-16-21-6-2-1-5-20(21)15-23(24)26(32)29-12-10-28(11-13-29)17-18-4-3-7-22(14-18)30(33)34/h1-7,14-16,19H,8-13,17H2,(H,27,31). The van der Waals surface area contributed by atoms with Crippen LogP contribution in [0.15, 0.2) is 60.7 Å². The first-order valence-corrected chi connectivity index (χ1v) is 11.6. The average Bonchev–Trinajstić information content (AvgIpc) is 3.70. The number of nitrogens with one attached hydrogen (secondary N) is 1. The molecule has 0 unspecified atom stereocenters. The first-order valence-electron chi connectivity index (χ1n) is 11.6. The molecule has 8 heteroatoms. The number of non-ortho nitro benzene ring substituents is 1. The van der Waals surface area contributed by atoms with Gasteiger partial charge in [-0.3, -0.25) is 24.6 Å². The lowest BCUT2D eigenvalue weighted by atomic mass is 10.0. The second-order valence-corrected chi connectivity index (χ2v) is 9.00. The molecule has 1 saturated carbocycles. The number of carbonyl (C=O) groups is 2. The summed E-state index contributed by atoms with van der Waals surface area (Å²) >= 11 is 0. The van der Waals surface area contributed by atoms with Gasteiger partial charge in [0.1, 0.15) is 0 Å². The molecule has 0 radical (unpaired) electrons. The molecule has 2 aliphatic rings. The van der Waals surface area contributed by atoms with Crippen LogP contribution in [-0.2, 0) is 11.3 Å². The summed E-state index contributed by atoms with van der Waals surface area (Å²) in [6.45, 7) is 3.05. The SMILES string of the molecule is O=C(Nc1cc2ccccc2cc1C(=O)N1CCN(Cc2cccc([N+](=O)[O-])c2)CC1)C1CC1. The van der Waals surface area contributed by atoms with Gasteiger partial charge in [-0.25, -0.2) is 0 Å². The number of anilines is 1. The van der Waals surface area contributed by atoms with Gasteiger partial charge >= 0.3 is 0 Å². The summed E-state index contributed by atoms with van der Waals surface area (Å²) in [5.41, 5.74) is 2.05. The number of nitro groups is 1. The minimum Gasteiger partial charge on any atom is -0.336 e. The van der Waals surface area contributed by atoms with E-state index in [9.17, 15) is 19.7 Å². The summed E-state index contributed by atoms with van der Waals surface area (Å²) in [6, 6.07) is 18.3. The maximum atomic E-state index is 13.5. The van der Waals surface area contributed by atoms with E-state index in [4.69, 9.17) is 0 Å². The molecule has 5 rings (SSSR count). The predicted octanol–water partition coefficient (Wildman–Crippen LogP) is 4.05. The van der Waals surface area contributed by atoms with Crippen molar-refractivity contribution in [2.24, 2.45) is 5.92 Å². The van der Waals surface area contributed by atoms with Crippen LogP contribution in [0.3, 0.4) is 0 Å². The first kappa shape index (κ1) is 22.0. The third-order valence-corrected chi connectivity index (χ3v) is 6.51. The molecule has 1 saturated heterocycles. The highest BCUT2D eigenvalue weighted by molar-refractivity contribution is 6.08.